The molecule has 1 N–H and O–H groups in total. The Hall–Kier alpha value is -2.37. The van der Waals surface area contributed by atoms with E-state index < -0.39 is 23.4 Å². The largest absolute Gasteiger partial charge is 0.417 e. The molecule has 1 aromatic carbocycles. The minimum absolute atomic E-state index is 0.296. The summed E-state index contributed by atoms with van der Waals surface area (Å²) in [6.45, 7) is 0.296. The molecule has 108 valence electrons. The normalized spacial score (nSPS) is 17.2. The molecule has 0 spiro atoms. The van der Waals surface area contributed by atoms with Crippen LogP contribution in [0.25, 0.3) is 0 Å². The Balaban J connectivity index is 2.02. The van der Waals surface area contributed by atoms with Crippen LogP contribution in [0.3, 0.4) is 0 Å². The average molecular weight is 292 g/mol. The van der Waals surface area contributed by atoms with Gasteiger partial charge < -0.3 is 5.32 Å². The number of alkyl halides is 3. The molecule has 0 saturated carbocycles. The van der Waals surface area contributed by atoms with E-state index >= 15 is 0 Å². The van der Waals surface area contributed by atoms with Crippen LogP contribution in [0.5, 0.6) is 0 Å². The van der Waals surface area contributed by atoms with Gasteiger partial charge in [0.1, 0.15) is 0 Å². The first-order valence-electron chi connectivity index (χ1n) is 6.36. The Bertz CT molecular complexity index is 697. The number of rotatable bonds is 2. The molecule has 21 heavy (non-hydrogen) atoms. The molecule has 3 nitrogen and oxygen atoms in total. The minimum Gasteiger partial charge on any atom is -0.384 e. The number of nitrogens with zero attached hydrogens (tertiary/aromatic N) is 1. The highest BCUT2D eigenvalue weighted by Gasteiger charge is 2.38. The standard InChI is InChI=1S/C15H11F3N2O/c16-15(17,18)12-5-6-19-7-11(12)14(21)10-8-20-13-4-2-1-3-9(10)13/h1-7,10,20H,8H2. The number of hydrogen-bond donors (Lipinski definition) is 1. The van der Waals surface area contributed by atoms with E-state index in [2.05, 4.69) is 10.3 Å². The molecule has 0 saturated heterocycles. The van der Waals surface area contributed by atoms with Crippen molar-refractivity contribution >= 4 is 11.5 Å². The van der Waals surface area contributed by atoms with Crippen LogP contribution in [-0.4, -0.2) is 17.3 Å². The number of hydrogen-bond acceptors (Lipinski definition) is 3. The highest BCUT2D eigenvalue weighted by molar-refractivity contribution is 6.04. The number of fused-ring (bicyclic) bond motifs is 1. The minimum atomic E-state index is -4.57. The molecule has 1 unspecified atom stereocenters. The fourth-order valence-corrected chi connectivity index (χ4v) is 2.54. The molecule has 0 amide bonds. The van der Waals surface area contributed by atoms with Gasteiger partial charge in [0.05, 0.1) is 11.5 Å². The smallest absolute Gasteiger partial charge is 0.384 e. The number of carbonyl (C=O) groups excluding carboxylic acids is 1. The predicted octanol–water partition coefficient (Wildman–Crippen LogP) is 3.49. The summed E-state index contributed by atoms with van der Waals surface area (Å²) >= 11 is 0. The fourth-order valence-electron chi connectivity index (χ4n) is 2.54. The van der Waals surface area contributed by atoms with Gasteiger partial charge in [0, 0.05) is 30.2 Å². The number of carbonyl (C=O) groups is 1. The van der Waals surface area contributed by atoms with E-state index in [1.54, 1.807) is 18.2 Å². The van der Waals surface area contributed by atoms with Gasteiger partial charge in [0.15, 0.2) is 5.78 Å². The number of ketones is 1. The van der Waals surface area contributed by atoms with E-state index in [0.717, 1.165) is 29.7 Å². The van der Waals surface area contributed by atoms with E-state index in [9.17, 15) is 18.0 Å². The number of nitrogens with one attached hydrogen (secondary N) is 1. The van der Waals surface area contributed by atoms with Gasteiger partial charge in [-0.2, -0.15) is 13.2 Å². The van der Waals surface area contributed by atoms with E-state index in [0.29, 0.717) is 6.54 Å². The van der Waals surface area contributed by atoms with E-state index in [1.165, 1.54) is 0 Å². The maximum absolute atomic E-state index is 13.0. The van der Waals surface area contributed by atoms with Crippen LogP contribution in [0, 0.1) is 0 Å². The van der Waals surface area contributed by atoms with E-state index in [-0.39, 0.29) is 5.56 Å². The van der Waals surface area contributed by atoms with Crippen molar-refractivity contribution in [3.8, 4) is 0 Å². The highest BCUT2D eigenvalue weighted by Crippen LogP contribution is 2.37. The second-order valence-electron chi connectivity index (χ2n) is 4.80. The summed E-state index contributed by atoms with van der Waals surface area (Å²) in [4.78, 5) is 16.2. The molecule has 1 aliphatic heterocycles. The van der Waals surface area contributed by atoms with Crippen molar-refractivity contribution in [1.29, 1.82) is 0 Å². The summed E-state index contributed by atoms with van der Waals surface area (Å²) in [6.07, 6.45) is -2.54. The molecule has 3 rings (SSSR count). The molecule has 1 aromatic heterocycles. The van der Waals surface area contributed by atoms with Crippen molar-refractivity contribution in [2.45, 2.75) is 12.1 Å². The van der Waals surface area contributed by atoms with Crippen molar-refractivity contribution in [3.63, 3.8) is 0 Å². The number of pyridine rings is 1. The fraction of sp³-hybridized carbons (Fsp3) is 0.200. The zero-order valence-corrected chi connectivity index (χ0v) is 10.8. The van der Waals surface area contributed by atoms with Gasteiger partial charge >= 0.3 is 6.18 Å². The quantitative estimate of drug-likeness (QED) is 0.861. The topological polar surface area (TPSA) is 42.0 Å². The molecule has 1 aliphatic rings. The van der Waals surface area contributed by atoms with Gasteiger partial charge in [-0.05, 0) is 17.7 Å². The summed E-state index contributed by atoms with van der Waals surface area (Å²) in [5, 5.41) is 3.04. The van der Waals surface area contributed by atoms with Gasteiger partial charge in [-0.3, -0.25) is 9.78 Å². The Kier molecular flexibility index (Phi) is 3.16. The summed E-state index contributed by atoms with van der Waals surface area (Å²) < 4.78 is 39.0. The number of benzene rings is 1. The molecule has 6 heteroatoms. The molecule has 0 fully saturated rings. The number of aromatic nitrogens is 1. The summed E-state index contributed by atoms with van der Waals surface area (Å²) in [6, 6.07) is 7.96. The first kappa shape index (κ1) is 13.6. The molecule has 2 aromatic rings. The zero-order chi connectivity index (χ0) is 15.0. The molecule has 0 aliphatic carbocycles. The van der Waals surface area contributed by atoms with Crippen molar-refractivity contribution < 1.29 is 18.0 Å². The Morgan fingerprint density at radius 3 is 2.76 bits per heavy atom. The van der Waals surface area contributed by atoms with Gasteiger partial charge in [-0.25, -0.2) is 0 Å². The monoisotopic (exact) mass is 292 g/mol. The van der Waals surface area contributed by atoms with Gasteiger partial charge in [0.2, 0.25) is 0 Å². The third-order valence-electron chi connectivity index (χ3n) is 3.54. The molecular formula is C15H11F3N2O. The molecule has 1 atom stereocenters. The summed E-state index contributed by atoms with van der Waals surface area (Å²) in [7, 11) is 0. The van der Waals surface area contributed by atoms with Crippen molar-refractivity contribution in [2.24, 2.45) is 0 Å². The maximum atomic E-state index is 13.0. The van der Waals surface area contributed by atoms with Crippen molar-refractivity contribution in [2.75, 3.05) is 11.9 Å². The first-order chi connectivity index (χ1) is 9.98. The lowest BCUT2D eigenvalue weighted by molar-refractivity contribution is -0.138. The number of halogens is 3. The number of Topliss-reactive ketones (excluding diaryl/α,β-unsaturated/α-hetero) is 1. The van der Waals surface area contributed by atoms with Gasteiger partial charge in [0.25, 0.3) is 0 Å². The third kappa shape index (κ3) is 2.37. The van der Waals surface area contributed by atoms with E-state index in [4.69, 9.17) is 0 Å². The van der Waals surface area contributed by atoms with Crippen LogP contribution in [0.15, 0.2) is 42.7 Å². The maximum Gasteiger partial charge on any atom is 0.417 e. The van der Waals surface area contributed by atoms with Gasteiger partial charge in [-0.15, -0.1) is 0 Å². The second kappa shape index (κ2) is 4.87. The van der Waals surface area contributed by atoms with Crippen LogP contribution in [-0.2, 0) is 6.18 Å². The molecule has 2 heterocycles. The molecule has 0 radical (unpaired) electrons. The molecule has 0 bridgehead atoms. The number of para-hydroxylation sites is 1. The summed E-state index contributed by atoms with van der Waals surface area (Å²) in [5.74, 6) is -1.18. The SMILES string of the molecule is O=C(c1cnccc1C(F)(F)F)C1CNc2ccccc21. The average Bonchev–Trinajstić information content (AvgIpc) is 2.89. The van der Waals surface area contributed by atoms with Crippen LogP contribution in [0.4, 0.5) is 18.9 Å². The van der Waals surface area contributed by atoms with Gasteiger partial charge in [-0.1, -0.05) is 18.2 Å². The van der Waals surface area contributed by atoms with Crippen molar-refractivity contribution in [1.82, 2.24) is 4.98 Å². The lowest BCUT2D eigenvalue weighted by Gasteiger charge is -2.14. The lowest BCUT2D eigenvalue weighted by Crippen LogP contribution is -2.20. The summed E-state index contributed by atoms with van der Waals surface area (Å²) in [5.41, 5.74) is 0.188. The number of anilines is 1. The van der Waals surface area contributed by atoms with Crippen molar-refractivity contribution in [3.05, 3.63) is 59.4 Å². The Morgan fingerprint density at radius 1 is 1.24 bits per heavy atom. The van der Waals surface area contributed by atoms with Crippen LogP contribution < -0.4 is 5.32 Å². The molecular weight excluding hydrogens is 281 g/mol. The first-order valence-corrected chi connectivity index (χ1v) is 6.36. The van der Waals surface area contributed by atoms with Crippen LogP contribution >= 0.6 is 0 Å². The Morgan fingerprint density at radius 2 is 2.00 bits per heavy atom. The van der Waals surface area contributed by atoms with Crippen LogP contribution in [0.2, 0.25) is 0 Å². The third-order valence-corrected chi connectivity index (χ3v) is 3.54. The highest BCUT2D eigenvalue weighted by atomic mass is 19.4. The zero-order valence-electron chi connectivity index (χ0n) is 10.8. The Labute approximate surface area is 118 Å². The lowest BCUT2D eigenvalue weighted by atomic mass is 9.91. The predicted molar refractivity (Wildman–Crippen MR) is 71.2 cm³/mol. The second-order valence-corrected chi connectivity index (χ2v) is 4.80. The van der Waals surface area contributed by atoms with Crippen LogP contribution in [0.1, 0.15) is 27.4 Å². The van der Waals surface area contributed by atoms with E-state index in [1.807, 2.05) is 6.07 Å².